The number of rotatable bonds is 5. The zero-order valence-corrected chi connectivity index (χ0v) is 16.4. The maximum absolute atomic E-state index is 13.0. The molecule has 0 radical (unpaired) electrons. The number of carbonyl (C=O) groups is 2. The third kappa shape index (κ3) is 3.36. The fourth-order valence-corrected chi connectivity index (χ4v) is 6.39. The summed E-state index contributed by atoms with van der Waals surface area (Å²) in [7, 11) is 0. The van der Waals surface area contributed by atoms with Crippen LogP contribution >= 0.6 is 11.6 Å². The standard InChI is InChI=1S/C20H23ClN2O5/c1-12(17(24)22-15-4-2-3-5-16(15)23(26)27)28-18(25)19-7-13-6-14(8-19)10-20(21,9-13)11-19/h2-5,12-14H,6-11H2,1H3,(H,22,24)/t12-,13-,14+,19?,20?/m1/s1. The number of nitrogens with one attached hydrogen (secondary N) is 1. The van der Waals surface area contributed by atoms with Crippen LogP contribution in [0, 0.1) is 27.4 Å². The zero-order chi connectivity index (χ0) is 20.1. The van der Waals surface area contributed by atoms with E-state index >= 15 is 0 Å². The van der Waals surface area contributed by atoms with Crippen molar-refractivity contribution in [2.75, 3.05) is 5.32 Å². The van der Waals surface area contributed by atoms with E-state index in [9.17, 15) is 19.7 Å². The lowest BCUT2D eigenvalue weighted by molar-refractivity contribution is -0.383. The van der Waals surface area contributed by atoms with Crippen LogP contribution in [-0.4, -0.2) is 27.8 Å². The van der Waals surface area contributed by atoms with Crippen molar-refractivity contribution in [1.29, 1.82) is 0 Å². The number of ether oxygens (including phenoxy) is 1. The molecule has 5 rings (SSSR count). The van der Waals surface area contributed by atoms with Crippen molar-refractivity contribution in [3.63, 3.8) is 0 Å². The Hall–Kier alpha value is -2.15. The monoisotopic (exact) mass is 406 g/mol. The van der Waals surface area contributed by atoms with E-state index in [1.54, 1.807) is 6.07 Å². The van der Waals surface area contributed by atoms with Gasteiger partial charge in [0.2, 0.25) is 0 Å². The molecule has 5 atom stereocenters. The lowest BCUT2D eigenvalue weighted by Gasteiger charge is -2.58. The van der Waals surface area contributed by atoms with Crippen molar-refractivity contribution in [1.82, 2.24) is 0 Å². The number of halogens is 1. The van der Waals surface area contributed by atoms with Crippen molar-refractivity contribution in [3.05, 3.63) is 34.4 Å². The van der Waals surface area contributed by atoms with E-state index in [1.807, 2.05) is 0 Å². The molecule has 0 aliphatic heterocycles. The van der Waals surface area contributed by atoms with E-state index in [0.717, 1.165) is 32.1 Å². The summed E-state index contributed by atoms with van der Waals surface area (Å²) < 4.78 is 5.54. The molecule has 1 aromatic carbocycles. The van der Waals surface area contributed by atoms with Crippen LogP contribution in [0.25, 0.3) is 0 Å². The van der Waals surface area contributed by atoms with Gasteiger partial charge in [0.25, 0.3) is 11.6 Å². The molecule has 4 saturated carbocycles. The minimum absolute atomic E-state index is 0.0786. The van der Waals surface area contributed by atoms with Crippen LogP contribution in [0.5, 0.6) is 0 Å². The van der Waals surface area contributed by atoms with Crippen molar-refractivity contribution >= 4 is 34.9 Å². The number of carbonyl (C=O) groups excluding carboxylic acids is 2. The quantitative estimate of drug-likeness (QED) is 0.344. The molecular formula is C20H23ClN2O5. The van der Waals surface area contributed by atoms with Crippen LogP contribution in [-0.2, 0) is 14.3 Å². The Morgan fingerprint density at radius 3 is 2.50 bits per heavy atom. The first-order valence-electron chi connectivity index (χ1n) is 9.64. The van der Waals surface area contributed by atoms with Gasteiger partial charge in [0.1, 0.15) is 5.69 Å². The molecule has 0 saturated heterocycles. The van der Waals surface area contributed by atoms with Gasteiger partial charge >= 0.3 is 5.97 Å². The number of hydrogen-bond donors (Lipinski definition) is 1. The summed E-state index contributed by atoms with van der Waals surface area (Å²) in [6.07, 6.45) is 4.13. The fraction of sp³-hybridized carbons (Fsp3) is 0.600. The number of para-hydroxylation sites is 2. The molecule has 4 aliphatic carbocycles. The zero-order valence-electron chi connectivity index (χ0n) is 15.7. The second-order valence-electron chi connectivity index (χ2n) is 8.70. The lowest BCUT2D eigenvalue weighted by Crippen LogP contribution is -2.57. The van der Waals surface area contributed by atoms with Crippen molar-refractivity contribution in [3.8, 4) is 0 Å². The summed E-state index contributed by atoms with van der Waals surface area (Å²) in [5, 5.41) is 13.6. The summed E-state index contributed by atoms with van der Waals surface area (Å²) >= 11 is 6.77. The first kappa shape index (κ1) is 19.2. The van der Waals surface area contributed by atoms with Gasteiger partial charge in [-0.05, 0) is 63.4 Å². The van der Waals surface area contributed by atoms with Gasteiger partial charge in [-0.15, -0.1) is 11.6 Å². The van der Waals surface area contributed by atoms with Gasteiger partial charge in [0, 0.05) is 10.9 Å². The Kier molecular flexibility index (Phi) is 4.61. The molecular weight excluding hydrogens is 384 g/mol. The first-order valence-corrected chi connectivity index (χ1v) is 10.0. The minimum atomic E-state index is -1.05. The number of alkyl halides is 1. The maximum atomic E-state index is 13.0. The Morgan fingerprint density at radius 2 is 1.89 bits per heavy atom. The average Bonchev–Trinajstić information content (AvgIpc) is 2.59. The fourth-order valence-electron chi connectivity index (χ4n) is 5.70. The molecule has 1 amide bonds. The molecule has 1 N–H and O–H groups in total. The molecule has 0 spiro atoms. The summed E-state index contributed by atoms with van der Waals surface area (Å²) in [6, 6.07) is 5.86. The largest absolute Gasteiger partial charge is 0.452 e. The predicted molar refractivity (Wildman–Crippen MR) is 103 cm³/mol. The molecule has 2 unspecified atom stereocenters. The SMILES string of the molecule is C[C@@H](OC(=O)C12C[C@@H]3C[C@@H](CC(Cl)(C3)C1)C2)C(=O)Nc1ccccc1[N+](=O)[O-]. The highest BCUT2D eigenvalue weighted by atomic mass is 35.5. The molecule has 150 valence electrons. The Balaban J connectivity index is 1.44. The highest BCUT2D eigenvalue weighted by molar-refractivity contribution is 6.24. The summed E-state index contributed by atoms with van der Waals surface area (Å²) in [4.78, 5) is 35.7. The normalized spacial score (nSPS) is 33.9. The van der Waals surface area contributed by atoms with Crippen molar-refractivity contribution < 1.29 is 19.2 Å². The van der Waals surface area contributed by atoms with Crippen LogP contribution in [0.15, 0.2) is 24.3 Å². The molecule has 0 heterocycles. The summed E-state index contributed by atoms with van der Waals surface area (Å²) in [6.45, 7) is 1.49. The number of nitrogens with zero attached hydrogens (tertiary/aromatic N) is 1. The van der Waals surface area contributed by atoms with Gasteiger partial charge in [-0.25, -0.2) is 0 Å². The van der Waals surface area contributed by atoms with Crippen LogP contribution in [0.4, 0.5) is 11.4 Å². The third-order valence-corrected chi connectivity index (χ3v) is 6.88. The highest BCUT2D eigenvalue weighted by Crippen LogP contribution is 2.64. The molecule has 7 nitrogen and oxygen atoms in total. The topological polar surface area (TPSA) is 98.5 Å². The Bertz CT molecular complexity index is 828. The van der Waals surface area contributed by atoms with E-state index in [-0.39, 0.29) is 22.2 Å². The van der Waals surface area contributed by atoms with E-state index in [0.29, 0.717) is 18.3 Å². The number of esters is 1. The Labute approximate surface area is 167 Å². The molecule has 8 heteroatoms. The predicted octanol–water partition coefficient (Wildman–Crippen LogP) is 4.04. The van der Waals surface area contributed by atoms with Gasteiger partial charge in [0.15, 0.2) is 6.10 Å². The van der Waals surface area contributed by atoms with Crippen LogP contribution in [0.2, 0.25) is 0 Å². The smallest absolute Gasteiger partial charge is 0.312 e. The summed E-state index contributed by atoms with van der Waals surface area (Å²) in [5.41, 5.74) is -0.728. The minimum Gasteiger partial charge on any atom is -0.452 e. The Morgan fingerprint density at radius 1 is 1.25 bits per heavy atom. The summed E-state index contributed by atoms with van der Waals surface area (Å²) in [5.74, 6) is -0.0606. The van der Waals surface area contributed by atoms with Crippen LogP contribution in [0.1, 0.15) is 45.4 Å². The van der Waals surface area contributed by atoms with Gasteiger partial charge in [-0.1, -0.05) is 12.1 Å². The number of hydrogen-bond acceptors (Lipinski definition) is 5. The number of benzene rings is 1. The number of nitro groups is 1. The number of amides is 1. The number of anilines is 1. The first-order chi connectivity index (χ1) is 13.2. The maximum Gasteiger partial charge on any atom is 0.312 e. The molecule has 1 aromatic rings. The van der Waals surface area contributed by atoms with Crippen LogP contribution in [0.3, 0.4) is 0 Å². The van der Waals surface area contributed by atoms with E-state index in [2.05, 4.69) is 5.32 Å². The lowest BCUT2D eigenvalue weighted by atomic mass is 9.49. The van der Waals surface area contributed by atoms with Crippen LogP contribution < -0.4 is 5.32 Å². The van der Waals surface area contributed by atoms with Gasteiger partial charge in [-0.2, -0.15) is 0 Å². The second kappa shape index (κ2) is 6.72. The molecule has 4 bridgehead atoms. The van der Waals surface area contributed by atoms with Gasteiger partial charge in [0.05, 0.1) is 10.3 Å². The molecule has 0 aromatic heterocycles. The van der Waals surface area contributed by atoms with Gasteiger partial charge in [-0.3, -0.25) is 19.7 Å². The van der Waals surface area contributed by atoms with E-state index in [1.165, 1.54) is 25.1 Å². The molecule has 28 heavy (non-hydrogen) atoms. The molecule has 4 fully saturated rings. The van der Waals surface area contributed by atoms with Crippen molar-refractivity contribution in [2.24, 2.45) is 17.3 Å². The van der Waals surface area contributed by atoms with E-state index < -0.39 is 22.3 Å². The van der Waals surface area contributed by atoms with Crippen molar-refractivity contribution in [2.45, 2.75) is 56.4 Å². The second-order valence-corrected chi connectivity index (χ2v) is 9.51. The number of nitro benzene ring substituents is 1. The highest BCUT2D eigenvalue weighted by Gasteiger charge is 2.61. The molecule has 4 aliphatic rings. The third-order valence-electron chi connectivity index (χ3n) is 6.43. The van der Waals surface area contributed by atoms with Gasteiger partial charge < -0.3 is 10.1 Å². The average molecular weight is 407 g/mol. The van der Waals surface area contributed by atoms with E-state index in [4.69, 9.17) is 16.3 Å².